The van der Waals surface area contributed by atoms with E-state index in [4.69, 9.17) is 4.74 Å². The van der Waals surface area contributed by atoms with E-state index in [1.807, 2.05) is 0 Å². The second-order valence-electron chi connectivity index (χ2n) is 6.22. The van der Waals surface area contributed by atoms with Crippen molar-refractivity contribution in [2.45, 2.75) is 6.42 Å². The van der Waals surface area contributed by atoms with Crippen LogP contribution in [0.25, 0.3) is 0 Å². The number of Topliss-reactive ketones (excluding diaryl/α,β-unsaturated/α-hetero) is 1. The van der Waals surface area contributed by atoms with Crippen LogP contribution in [0.5, 0.6) is 0 Å². The Hall–Kier alpha value is -3.62. The SMILES string of the molecule is O=C(COC(=O)C1CC(=O)N(c2ccc(F)cc2)C1)c1ccc([N+](=O)[O-])cc1. The van der Waals surface area contributed by atoms with E-state index in [0.717, 1.165) is 0 Å². The third kappa shape index (κ3) is 4.20. The minimum atomic E-state index is -0.734. The van der Waals surface area contributed by atoms with Crippen LogP contribution in [-0.4, -0.2) is 35.7 Å². The molecule has 1 unspecified atom stereocenters. The Kier molecular flexibility index (Phi) is 5.44. The number of hydrogen-bond donors (Lipinski definition) is 0. The first-order chi connectivity index (χ1) is 13.3. The molecule has 144 valence electrons. The van der Waals surface area contributed by atoms with Crippen LogP contribution in [0.1, 0.15) is 16.8 Å². The number of non-ortho nitro benzene ring substituents is 1. The van der Waals surface area contributed by atoms with Crippen LogP contribution in [0, 0.1) is 21.8 Å². The maximum Gasteiger partial charge on any atom is 0.311 e. The van der Waals surface area contributed by atoms with Crippen molar-refractivity contribution in [2.24, 2.45) is 5.92 Å². The Morgan fingerprint density at radius 1 is 1.14 bits per heavy atom. The van der Waals surface area contributed by atoms with Crippen molar-refractivity contribution in [1.82, 2.24) is 0 Å². The standard InChI is InChI=1S/C19H15FN2O6/c20-14-3-7-15(8-4-14)21-10-13(9-18(21)24)19(25)28-11-17(23)12-1-5-16(6-2-12)22(26)27/h1-8,13H,9-11H2. The first-order valence-electron chi connectivity index (χ1n) is 8.35. The maximum absolute atomic E-state index is 13.0. The number of ether oxygens (including phenoxy) is 1. The Morgan fingerprint density at radius 2 is 1.79 bits per heavy atom. The Labute approximate surface area is 158 Å². The molecule has 0 aromatic heterocycles. The summed E-state index contributed by atoms with van der Waals surface area (Å²) in [4.78, 5) is 47.8. The van der Waals surface area contributed by atoms with Gasteiger partial charge in [-0.25, -0.2) is 4.39 Å². The molecule has 9 heteroatoms. The van der Waals surface area contributed by atoms with E-state index in [1.54, 1.807) is 0 Å². The molecule has 0 N–H and O–H groups in total. The van der Waals surface area contributed by atoms with Gasteiger partial charge in [0.2, 0.25) is 5.91 Å². The van der Waals surface area contributed by atoms with Gasteiger partial charge in [0.05, 0.1) is 10.8 Å². The molecule has 0 saturated carbocycles. The molecule has 1 heterocycles. The van der Waals surface area contributed by atoms with E-state index in [9.17, 15) is 28.9 Å². The number of nitrogens with zero attached hydrogens (tertiary/aromatic N) is 2. The summed E-state index contributed by atoms with van der Waals surface area (Å²) in [7, 11) is 0. The number of hydrogen-bond acceptors (Lipinski definition) is 6. The lowest BCUT2D eigenvalue weighted by Crippen LogP contribution is -2.27. The van der Waals surface area contributed by atoms with E-state index < -0.39 is 35.0 Å². The summed E-state index contributed by atoms with van der Waals surface area (Å²) in [5, 5.41) is 10.6. The van der Waals surface area contributed by atoms with Gasteiger partial charge in [0.25, 0.3) is 5.69 Å². The highest BCUT2D eigenvalue weighted by atomic mass is 19.1. The summed E-state index contributed by atoms with van der Waals surface area (Å²) in [5.41, 5.74) is 0.497. The summed E-state index contributed by atoms with van der Waals surface area (Å²) < 4.78 is 18.0. The molecule has 1 aliphatic rings. The lowest BCUT2D eigenvalue weighted by molar-refractivity contribution is -0.384. The third-order valence-electron chi connectivity index (χ3n) is 4.34. The third-order valence-corrected chi connectivity index (χ3v) is 4.34. The molecular formula is C19H15FN2O6. The molecule has 0 bridgehead atoms. The predicted octanol–water partition coefficient (Wildman–Crippen LogP) is 2.51. The van der Waals surface area contributed by atoms with Crippen LogP contribution in [0.15, 0.2) is 48.5 Å². The fourth-order valence-electron chi connectivity index (χ4n) is 2.84. The lowest BCUT2D eigenvalue weighted by Gasteiger charge is -2.16. The van der Waals surface area contributed by atoms with Gasteiger partial charge in [-0.1, -0.05) is 0 Å². The van der Waals surface area contributed by atoms with Crippen molar-refractivity contribution in [2.75, 3.05) is 18.1 Å². The second-order valence-corrected chi connectivity index (χ2v) is 6.22. The van der Waals surface area contributed by atoms with E-state index >= 15 is 0 Å². The van der Waals surface area contributed by atoms with Crippen LogP contribution in [-0.2, 0) is 14.3 Å². The number of carbonyl (C=O) groups excluding carboxylic acids is 3. The summed E-state index contributed by atoms with van der Waals surface area (Å²) in [5.74, 6) is -2.66. The number of halogens is 1. The molecule has 0 radical (unpaired) electrons. The molecule has 1 saturated heterocycles. The molecule has 1 atom stereocenters. The summed E-state index contributed by atoms with van der Waals surface area (Å²) in [6, 6.07) is 10.3. The second kappa shape index (κ2) is 7.95. The van der Waals surface area contributed by atoms with Gasteiger partial charge < -0.3 is 9.64 Å². The van der Waals surface area contributed by atoms with Crippen molar-refractivity contribution < 1.29 is 28.4 Å². The molecule has 2 aromatic rings. The molecule has 1 aliphatic heterocycles. The molecule has 0 aliphatic carbocycles. The van der Waals surface area contributed by atoms with Gasteiger partial charge in [-0.05, 0) is 36.4 Å². The Balaban J connectivity index is 1.56. The molecule has 0 spiro atoms. The predicted molar refractivity (Wildman–Crippen MR) is 95.2 cm³/mol. The van der Waals surface area contributed by atoms with Gasteiger partial charge in [-0.15, -0.1) is 0 Å². The number of nitro groups is 1. The van der Waals surface area contributed by atoms with Crippen LogP contribution in [0.4, 0.5) is 15.8 Å². The number of ketones is 1. The van der Waals surface area contributed by atoms with Gasteiger partial charge in [-0.2, -0.15) is 0 Å². The van der Waals surface area contributed by atoms with Crippen molar-refractivity contribution in [1.29, 1.82) is 0 Å². The first kappa shape index (κ1) is 19.2. The van der Waals surface area contributed by atoms with Gasteiger partial charge in [-0.3, -0.25) is 24.5 Å². The maximum atomic E-state index is 13.0. The van der Waals surface area contributed by atoms with Gasteiger partial charge in [0, 0.05) is 36.3 Å². The van der Waals surface area contributed by atoms with Crippen molar-refractivity contribution in [3.63, 3.8) is 0 Å². The van der Waals surface area contributed by atoms with Gasteiger partial charge in [0.1, 0.15) is 5.82 Å². The largest absolute Gasteiger partial charge is 0.457 e. The smallest absolute Gasteiger partial charge is 0.311 e. The number of rotatable bonds is 6. The molecule has 28 heavy (non-hydrogen) atoms. The number of anilines is 1. The molecule has 2 aromatic carbocycles. The highest BCUT2D eigenvalue weighted by Gasteiger charge is 2.36. The quantitative estimate of drug-likeness (QED) is 0.327. The molecule has 1 amide bonds. The zero-order valence-electron chi connectivity index (χ0n) is 14.5. The molecule has 3 rings (SSSR count). The van der Waals surface area contributed by atoms with Gasteiger partial charge >= 0.3 is 5.97 Å². The van der Waals surface area contributed by atoms with E-state index in [2.05, 4.69) is 0 Å². The lowest BCUT2D eigenvalue weighted by atomic mass is 10.1. The number of amides is 1. The summed E-state index contributed by atoms with van der Waals surface area (Å²) in [6.45, 7) is -0.451. The monoisotopic (exact) mass is 386 g/mol. The molecular weight excluding hydrogens is 371 g/mol. The Bertz CT molecular complexity index is 926. The van der Waals surface area contributed by atoms with Gasteiger partial charge in [0.15, 0.2) is 12.4 Å². The fourth-order valence-corrected chi connectivity index (χ4v) is 2.84. The topological polar surface area (TPSA) is 107 Å². The molecule has 1 fully saturated rings. The highest BCUT2D eigenvalue weighted by molar-refractivity contribution is 6.01. The number of benzene rings is 2. The van der Waals surface area contributed by atoms with E-state index in [1.165, 1.54) is 53.4 Å². The van der Waals surface area contributed by atoms with Crippen molar-refractivity contribution >= 4 is 29.0 Å². The number of nitro benzene ring substituents is 1. The highest BCUT2D eigenvalue weighted by Crippen LogP contribution is 2.26. The first-order valence-corrected chi connectivity index (χ1v) is 8.35. The zero-order chi connectivity index (χ0) is 20.3. The van der Waals surface area contributed by atoms with Crippen LogP contribution in [0.2, 0.25) is 0 Å². The zero-order valence-corrected chi connectivity index (χ0v) is 14.5. The van der Waals surface area contributed by atoms with E-state index in [0.29, 0.717) is 5.69 Å². The van der Waals surface area contributed by atoms with E-state index in [-0.39, 0.29) is 30.1 Å². The van der Waals surface area contributed by atoms with Crippen molar-refractivity contribution in [3.8, 4) is 0 Å². The van der Waals surface area contributed by atoms with Crippen molar-refractivity contribution in [3.05, 3.63) is 70.0 Å². The van der Waals surface area contributed by atoms with Crippen LogP contribution >= 0.6 is 0 Å². The number of esters is 1. The van der Waals surface area contributed by atoms with Crippen LogP contribution < -0.4 is 4.90 Å². The Morgan fingerprint density at radius 3 is 2.39 bits per heavy atom. The summed E-state index contributed by atoms with van der Waals surface area (Å²) >= 11 is 0. The minimum Gasteiger partial charge on any atom is -0.457 e. The average molecular weight is 386 g/mol. The number of carbonyl (C=O) groups is 3. The normalized spacial score (nSPS) is 16.1. The fraction of sp³-hybridized carbons (Fsp3) is 0.211. The average Bonchev–Trinajstić information content (AvgIpc) is 3.08. The molecule has 8 nitrogen and oxygen atoms in total. The van der Waals surface area contributed by atoms with Crippen LogP contribution in [0.3, 0.4) is 0 Å². The summed E-state index contributed by atoms with van der Waals surface area (Å²) in [6.07, 6.45) is -0.0675. The minimum absolute atomic E-state index is 0.0675.